The zero-order valence-electron chi connectivity index (χ0n) is 9.90. The number of benzene rings is 2. The molecule has 86 valence electrons. The summed E-state index contributed by atoms with van der Waals surface area (Å²) in [5.41, 5.74) is 3.37. The largest absolute Gasteiger partial charge is 0.508 e. The number of hydrogen-bond acceptors (Lipinski definition) is 2. The first-order chi connectivity index (χ1) is 8.09. The van der Waals surface area contributed by atoms with E-state index in [2.05, 4.69) is 0 Å². The quantitative estimate of drug-likeness (QED) is 0.795. The second-order valence-electron chi connectivity index (χ2n) is 4.10. The van der Waals surface area contributed by atoms with E-state index in [0.29, 0.717) is 5.56 Å². The van der Waals surface area contributed by atoms with Crippen LogP contribution in [0.1, 0.15) is 22.8 Å². The molecule has 1 N–H and O–H groups in total. The number of carbonyl (C=O) groups is 1. The predicted molar refractivity (Wildman–Crippen MR) is 68.3 cm³/mol. The minimum atomic E-state index is 0.0475. The molecular weight excluding hydrogens is 212 g/mol. The number of aryl methyl sites for hydroxylation is 1. The van der Waals surface area contributed by atoms with Gasteiger partial charge in [-0.25, -0.2) is 0 Å². The number of phenolic OH excluding ortho intramolecular Hbond substituents is 1. The first-order valence-electron chi connectivity index (χ1n) is 5.49. The Balaban J connectivity index is 2.60. The number of carbonyl (C=O) groups excluding carboxylic acids is 1. The molecule has 0 radical (unpaired) electrons. The molecule has 17 heavy (non-hydrogen) atoms. The molecule has 2 nitrogen and oxygen atoms in total. The molecule has 0 aliphatic carbocycles. The van der Waals surface area contributed by atoms with E-state index in [4.69, 9.17) is 0 Å². The van der Waals surface area contributed by atoms with Crippen LogP contribution >= 0.6 is 0 Å². The van der Waals surface area contributed by atoms with Crippen molar-refractivity contribution in [3.63, 3.8) is 0 Å². The standard InChI is InChI=1S/C15H14O2/c1-10-9-12(7-8-15(10)17)14-6-4-3-5-13(14)11(2)16/h3-9,17H,1-2H3. The summed E-state index contributed by atoms with van der Waals surface area (Å²) in [6.07, 6.45) is 0. The van der Waals surface area contributed by atoms with Crippen molar-refractivity contribution in [3.05, 3.63) is 53.6 Å². The molecule has 0 atom stereocenters. The Morgan fingerprint density at radius 1 is 1.12 bits per heavy atom. The van der Waals surface area contributed by atoms with Gasteiger partial charge in [0.2, 0.25) is 0 Å². The highest BCUT2D eigenvalue weighted by atomic mass is 16.3. The molecule has 0 bridgehead atoms. The second-order valence-corrected chi connectivity index (χ2v) is 4.10. The van der Waals surface area contributed by atoms with E-state index in [1.807, 2.05) is 43.3 Å². The molecule has 0 heterocycles. The third-order valence-electron chi connectivity index (χ3n) is 2.81. The lowest BCUT2D eigenvalue weighted by Crippen LogP contribution is -1.95. The molecule has 2 rings (SSSR count). The first kappa shape index (κ1) is 11.4. The molecule has 0 unspecified atom stereocenters. The Morgan fingerprint density at radius 3 is 2.47 bits per heavy atom. The van der Waals surface area contributed by atoms with Crippen molar-refractivity contribution < 1.29 is 9.90 Å². The van der Waals surface area contributed by atoms with Crippen molar-refractivity contribution >= 4 is 5.78 Å². The van der Waals surface area contributed by atoms with Gasteiger partial charge in [0, 0.05) is 5.56 Å². The Labute approximate surface area is 101 Å². The van der Waals surface area contributed by atoms with Crippen LogP contribution in [0.5, 0.6) is 5.75 Å². The summed E-state index contributed by atoms with van der Waals surface area (Å²) in [4.78, 5) is 11.5. The second kappa shape index (κ2) is 4.42. The van der Waals surface area contributed by atoms with Gasteiger partial charge in [-0.15, -0.1) is 0 Å². The van der Waals surface area contributed by atoms with Crippen LogP contribution in [0, 0.1) is 6.92 Å². The Hall–Kier alpha value is -2.09. The van der Waals surface area contributed by atoms with Gasteiger partial charge in [-0.1, -0.05) is 30.3 Å². The topological polar surface area (TPSA) is 37.3 Å². The molecule has 0 spiro atoms. The van der Waals surface area contributed by atoms with Gasteiger partial charge in [-0.3, -0.25) is 4.79 Å². The smallest absolute Gasteiger partial charge is 0.160 e. The lowest BCUT2D eigenvalue weighted by atomic mass is 9.96. The van der Waals surface area contributed by atoms with Gasteiger partial charge >= 0.3 is 0 Å². The summed E-state index contributed by atoms with van der Waals surface area (Å²) in [7, 11) is 0. The Morgan fingerprint density at radius 2 is 1.82 bits per heavy atom. The van der Waals surface area contributed by atoms with E-state index in [1.165, 1.54) is 0 Å². The number of hydrogen-bond donors (Lipinski definition) is 1. The zero-order chi connectivity index (χ0) is 12.4. The Bertz CT molecular complexity index is 571. The zero-order valence-corrected chi connectivity index (χ0v) is 9.90. The molecule has 0 aliphatic rings. The van der Waals surface area contributed by atoms with Gasteiger partial charge in [0.05, 0.1) is 0 Å². The van der Waals surface area contributed by atoms with E-state index in [0.717, 1.165) is 16.7 Å². The van der Waals surface area contributed by atoms with Crippen molar-refractivity contribution in [3.8, 4) is 16.9 Å². The summed E-state index contributed by atoms with van der Waals surface area (Å²) in [5.74, 6) is 0.320. The van der Waals surface area contributed by atoms with Gasteiger partial charge in [0.15, 0.2) is 5.78 Å². The summed E-state index contributed by atoms with van der Waals surface area (Å²) in [5, 5.41) is 9.50. The first-order valence-corrected chi connectivity index (χ1v) is 5.49. The molecule has 2 heteroatoms. The lowest BCUT2D eigenvalue weighted by Gasteiger charge is -2.08. The molecule has 0 saturated heterocycles. The van der Waals surface area contributed by atoms with E-state index in [9.17, 15) is 9.90 Å². The maximum absolute atomic E-state index is 11.5. The molecule has 0 fully saturated rings. The van der Waals surface area contributed by atoms with Gasteiger partial charge < -0.3 is 5.11 Å². The van der Waals surface area contributed by atoms with Crippen LogP contribution in [0.4, 0.5) is 0 Å². The highest BCUT2D eigenvalue weighted by Gasteiger charge is 2.09. The minimum Gasteiger partial charge on any atom is -0.508 e. The number of Topliss-reactive ketones (excluding diaryl/α,β-unsaturated/α-hetero) is 1. The molecule has 0 aliphatic heterocycles. The average Bonchev–Trinajstić information content (AvgIpc) is 2.32. The third-order valence-corrected chi connectivity index (χ3v) is 2.81. The SMILES string of the molecule is CC(=O)c1ccccc1-c1ccc(O)c(C)c1. The number of aromatic hydroxyl groups is 1. The molecule has 2 aromatic rings. The van der Waals surface area contributed by atoms with Crippen molar-refractivity contribution in [2.45, 2.75) is 13.8 Å². The number of phenols is 1. The summed E-state index contributed by atoms with van der Waals surface area (Å²) >= 11 is 0. The highest BCUT2D eigenvalue weighted by Crippen LogP contribution is 2.28. The molecule has 0 saturated carbocycles. The fourth-order valence-corrected chi connectivity index (χ4v) is 1.86. The fraction of sp³-hybridized carbons (Fsp3) is 0.133. The normalized spacial score (nSPS) is 10.2. The minimum absolute atomic E-state index is 0.0475. The number of rotatable bonds is 2. The highest BCUT2D eigenvalue weighted by molar-refractivity contribution is 6.00. The van der Waals surface area contributed by atoms with Crippen molar-refractivity contribution in [2.75, 3.05) is 0 Å². The van der Waals surface area contributed by atoms with Crippen LogP contribution in [0.15, 0.2) is 42.5 Å². The fourth-order valence-electron chi connectivity index (χ4n) is 1.86. The van der Waals surface area contributed by atoms with Crippen molar-refractivity contribution in [2.24, 2.45) is 0 Å². The molecule has 0 aromatic heterocycles. The van der Waals surface area contributed by atoms with Crippen molar-refractivity contribution in [1.82, 2.24) is 0 Å². The van der Waals surface area contributed by atoms with Crippen LogP contribution in [0.3, 0.4) is 0 Å². The summed E-state index contributed by atoms with van der Waals surface area (Å²) in [6.45, 7) is 3.40. The van der Waals surface area contributed by atoms with Crippen LogP contribution in [0.2, 0.25) is 0 Å². The van der Waals surface area contributed by atoms with Crippen molar-refractivity contribution in [1.29, 1.82) is 0 Å². The third kappa shape index (κ3) is 2.21. The summed E-state index contributed by atoms with van der Waals surface area (Å²) in [6, 6.07) is 12.9. The monoisotopic (exact) mass is 226 g/mol. The molecule has 2 aromatic carbocycles. The van der Waals surface area contributed by atoms with E-state index < -0.39 is 0 Å². The van der Waals surface area contributed by atoms with Crippen LogP contribution in [-0.4, -0.2) is 10.9 Å². The lowest BCUT2D eigenvalue weighted by molar-refractivity contribution is 0.101. The van der Waals surface area contributed by atoms with Crippen LogP contribution in [0.25, 0.3) is 11.1 Å². The van der Waals surface area contributed by atoms with Crippen LogP contribution in [-0.2, 0) is 0 Å². The van der Waals surface area contributed by atoms with Crippen LogP contribution < -0.4 is 0 Å². The maximum atomic E-state index is 11.5. The summed E-state index contributed by atoms with van der Waals surface area (Å²) < 4.78 is 0. The maximum Gasteiger partial charge on any atom is 0.160 e. The molecule has 0 amide bonds. The van der Waals surface area contributed by atoms with E-state index >= 15 is 0 Å². The average molecular weight is 226 g/mol. The van der Waals surface area contributed by atoms with Gasteiger partial charge in [-0.05, 0) is 42.7 Å². The van der Waals surface area contributed by atoms with Gasteiger partial charge in [-0.2, -0.15) is 0 Å². The molecular formula is C15H14O2. The predicted octanol–water partition coefficient (Wildman–Crippen LogP) is 3.57. The number of ketones is 1. The van der Waals surface area contributed by atoms with E-state index in [1.54, 1.807) is 13.0 Å². The van der Waals surface area contributed by atoms with Gasteiger partial charge in [0.1, 0.15) is 5.75 Å². The van der Waals surface area contributed by atoms with E-state index in [-0.39, 0.29) is 11.5 Å². The Kier molecular flexibility index (Phi) is 2.96. The van der Waals surface area contributed by atoms with Gasteiger partial charge in [0.25, 0.3) is 0 Å².